The molecule has 0 radical (unpaired) electrons. The van der Waals surface area contributed by atoms with Crippen molar-refractivity contribution in [3.63, 3.8) is 0 Å². The van der Waals surface area contributed by atoms with Gasteiger partial charge >= 0.3 is 5.97 Å². The Morgan fingerprint density at radius 2 is 2.24 bits per heavy atom. The summed E-state index contributed by atoms with van der Waals surface area (Å²) < 4.78 is 9.69. The standard InChI is InChI=1S/C12H11NO4/c1-7-13-9(12(15)17-7)5-8-3-4-11(16-2)10(14)6-8/h3-6,14H,1-2H3/b9-5-. The number of hydrogen-bond donors (Lipinski definition) is 1. The van der Waals surface area contributed by atoms with Crippen molar-refractivity contribution in [2.75, 3.05) is 7.11 Å². The van der Waals surface area contributed by atoms with Gasteiger partial charge in [0.1, 0.15) is 0 Å². The molecule has 1 aromatic carbocycles. The van der Waals surface area contributed by atoms with Crippen molar-refractivity contribution in [3.05, 3.63) is 29.5 Å². The third-order valence-corrected chi connectivity index (χ3v) is 2.23. The molecular formula is C12H11NO4. The molecule has 0 atom stereocenters. The summed E-state index contributed by atoms with van der Waals surface area (Å²) in [5, 5.41) is 9.58. The summed E-state index contributed by atoms with van der Waals surface area (Å²) in [6.07, 6.45) is 1.54. The summed E-state index contributed by atoms with van der Waals surface area (Å²) in [5.41, 5.74) is 0.862. The molecule has 1 N–H and O–H groups in total. The first-order chi connectivity index (χ1) is 8.10. The number of carbonyl (C=O) groups excluding carboxylic acids is 1. The molecule has 1 heterocycles. The Labute approximate surface area is 98.0 Å². The van der Waals surface area contributed by atoms with Gasteiger partial charge in [-0.2, -0.15) is 0 Å². The number of carbonyl (C=O) groups is 1. The van der Waals surface area contributed by atoms with Crippen LogP contribution < -0.4 is 4.74 Å². The number of aromatic hydroxyl groups is 1. The van der Waals surface area contributed by atoms with Crippen LogP contribution in [0.2, 0.25) is 0 Å². The lowest BCUT2D eigenvalue weighted by Crippen LogP contribution is -1.99. The topological polar surface area (TPSA) is 68.1 Å². The van der Waals surface area contributed by atoms with Gasteiger partial charge in [-0.1, -0.05) is 6.07 Å². The van der Waals surface area contributed by atoms with Gasteiger partial charge in [0.25, 0.3) is 0 Å². The van der Waals surface area contributed by atoms with Crippen LogP contribution in [-0.4, -0.2) is 24.1 Å². The minimum Gasteiger partial charge on any atom is -0.504 e. The fourth-order valence-corrected chi connectivity index (χ4v) is 1.47. The number of phenolic OH excluding ortho intramolecular Hbond substituents is 1. The van der Waals surface area contributed by atoms with E-state index in [1.807, 2.05) is 0 Å². The van der Waals surface area contributed by atoms with Crippen molar-refractivity contribution in [2.24, 2.45) is 4.99 Å². The predicted octanol–water partition coefficient (Wildman–Crippen LogP) is 1.72. The lowest BCUT2D eigenvalue weighted by atomic mass is 10.1. The number of ether oxygens (including phenoxy) is 2. The second kappa shape index (κ2) is 4.29. The summed E-state index contributed by atoms with van der Waals surface area (Å²) in [5.74, 6) is 0.214. The Kier molecular flexibility index (Phi) is 2.82. The van der Waals surface area contributed by atoms with Crippen LogP contribution in [0.1, 0.15) is 12.5 Å². The number of esters is 1. The van der Waals surface area contributed by atoms with Crippen LogP contribution in [0.25, 0.3) is 6.08 Å². The summed E-state index contributed by atoms with van der Waals surface area (Å²) in [6.45, 7) is 1.60. The molecule has 5 nitrogen and oxygen atoms in total. The van der Waals surface area contributed by atoms with Crippen LogP contribution in [0.5, 0.6) is 11.5 Å². The Hall–Kier alpha value is -2.30. The van der Waals surface area contributed by atoms with Gasteiger partial charge in [0, 0.05) is 6.92 Å². The zero-order valence-corrected chi connectivity index (χ0v) is 9.43. The molecule has 0 unspecified atom stereocenters. The highest BCUT2D eigenvalue weighted by Crippen LogP contribution is 2.27. The van der Waals surface area contributed by atoms with E-state index in [1.54, 1.807) is 19.1 Å². The highest BCUT2D eigenvalue weighted by Gasteiger charge is 2.19. The molecule has 0 amide bonds. The molecule has 0 saturated heterocycles. The Morgan fingerprint density at radius 3 is 2.76 bits per heavy atom. The van der Waals surface area contributed by atoms with Crippen molar-refractivity contribution >= 4 is 17.9 Å². The maximum atomic E-state index is 11.3. The molecule has 0 aromatic heterocycles. The Morgan fingerprint density at radius 1 is 1.47 bits per heavy atom. The van der Waals surface area contributed by atoms with Crippen LogP contribution in [0.3, 0.4) is 0 Å². The van der Waals surface area contributed by atoms with E-state index in [2.05, 4.69) is 4.99 Å². The summed E-state index contributed by atoms with van der Waals surface area (Å²) >= 11 is 0. The number of phenols is 1. The van der Waals surface area contributed by atoms with Gasteiger partial charge in [0.2, 0.25) is 0 Å². The molecule has 0 saturated carbocycles. The van der Waals surface area contributed by atoms with Crippen LogP contribution in [0, 0.1) is 0 Å². The van der Waals surface area contributed by atoms with E-state index in [4.69, 9.17) is 9.47 Å². The molecule has 0 spiro atoms. The molecule has 0 aliphatic carbocycles. The highest BCUT2D eigenvalue weighted by molar-refractivity contribution is 6.06. The van der Waals surface area contributed by atoms with E-state index in [0.717, 1.165) is 0 Å². The van der Waals surface area contributed by atoms with Gasteiger partial charge < -0.3 is 14.6 Å². The highest BCUT2D eigenvalue weighted by atomic mass is 16.6. The van der Waals surface area contributed by atoms with E-state index < -0.39 is 5.97 Å². The second-order valence-corrected chi connectivity index (χ2v) is 3.48. The molecule has 1 aliphatic rings. The van der Waals surface area contributed by atoms with Gasteiger partial charge in [0.15, 0.2) is 23.1 Å². The second-order valence-electron chi connectivity index (χ2n) is 3.48. The number of nitrogens with zero attached hydrogens (tertiary/aromatic N) is 1. The first-order valence-corrected chi connectivity index (χ1v) is 4.96. The van der Waals surface area contributed by atoms with Crippen molar-refractivity contribution in [1.82, 2.24) is 0 Å². The third-order valence-electron chi connectivity index (χ3n) is 2.23. The fourth-order valence-electron chi connectivity index (χ4n) is 1.47. The van der Waals surface area contributed by atoms with Crippen molar-refractivity contribution in [2.45, 2.75) is 6.92 Å². The molecule has 2 rings (SSSR count). The maximum Gasteiger partial charge on any atom is 0.363 e. The third kappa shape index (κ3) is 2.28. The number of benzene rings is 1. The predicted molar refractivity (Wildman–Crippen MR) is 61.8 cm³/mol. The molecule has 5 heteroatoms. The average Bonchev–Trinajstić information content (AvgIpc) is 2.58. The van der Waals surface area contributed by atoms with Gasteiger partial charge in [-0.3, -0.25) is 0 Å². The number of hydrogen-bond acceptors (Lipinski definition) is 5. The van der Waals surface area contributed by atoms with Gasteiger partial charge in [-0.25, -0.2) is 9.79 Å². The quantitative estimate of drug-likeness (QED) is 0.623. The Bertz CT molecular complexity index is 531. The monoisotopic (exact) mass is 233 g/mol. The van der Waals surface area contributed by atoms with Crippen LogP contribution >= 0.6 is 0 Å². The first-order valence-electron chi connectivity index (χ1n) is 4.96. The van der Waals surface area contributed by atoms with Crippen LogP contribution in [-0.2, 0) is 9.53 Å². The van der Waals surface area contributed by atoms with Crippen molar-refractivity contribution < 1.29 is 19.4 Å². The SMILES string of the molecule is COc1ccc(/C=C2\N=C(C)OC2=O)cc1O. The lowest BCUT2D eigenvalue weighted by Gasteiger charge is -2.03. The summed E-state index contributed by atoms with van der Waals surface area (Å²) in [6, 6.07) is 4.81. The number of aliphatic imine (C=N–C) groups is 1. The minimum absolute atomic E-state index is 0.00826. The molecule has 88 valence electrons. The van der Waals surface area contributed by atoms with Gasteiger partial charge in [-0.15, -0.1) is 0 Å². The molecule has 0 fully saturated rings. The number of rotatable bonds is 2. The van der Waals surface area contributed by atoms with E-state index in [-0.39, 0.29) is 11.4 Å². The largest absolute Gasteiger partial charge is 0.504 e. The zero-order valence-electron chi connectivity index (χ0n) is 9.43. The van der Waals surface area contributed by atoms with Gasteiger partial charge in [-0.05, 0) is 23.8 Å². The first kappa shape index (κ1) is 11.2. The van der Waals surface area contributed by atoms with Crippen molar-refractivity contribution in [1.29, 1.82) is 0 Å². The molecule has 1 aliphatic heterocycles. The zero-order chi connectivity index (χ0) is 12.4. The average molecular weight is 233 g/mol. The van der Waals surface area contributed by atoms with E-state index in [1.165, 1.54) is 19.3 Å². The molecule has 17 heavy (non-hydrogen) atoms. The van der Waals surface area contributed by atoms with Gasteiger partial charge in [0.05, 0.1) is 7.11 Å². The number of methoxy groups -OCH3 is 1. The fraction of sp³-hybridized carbons (Fsp3) is 0.167. The molecular weight excluding hydrogens is 222 g/mol. The summed E-state index contributed by atoms with van der Waals surface area (Å²) in [7, 11) is 1.47. The van der Waals surface area contributed by atoms with E-state index in [0.29, 0.717) is 17.2 Å². The maximum absolute atomic E-state index is 11.3. The number of cyclic esters (lactones) is 1. The van der Waals surface area contributed by atoms with Crippen LogP contribution in [0.4, 0.5) is 0 Å². The van der Waals surface area contributed by atoms with E-state index >= 15 is 0 Å². The van der Waals surface area contributed by atoms with Crippen LogP contribution in [0.15, 0.2) is 28.9 Å². The lowest BCUT2D eigenvalue weighted by molar-refractivity contribution is -0.130. The molecule has 1 aromatic rings. The normalized spacial score (nSPS) is 16.9. The smallest absolute Gasteiger partial charge is 0.363 e. The Balaban J connectivity index is 2.33. The molecule has 0 bridgehead atoms. The van der Waals surface area contributed by atoms with E-state index in [9.17, 15) is 9.90 Å². The summed E-state index contributed by atoms with van der Waals surface area (Å²) in [4.78, 5) is 15.2. The minimum atomic E-state index is -0.488. The van der Waals surface area contributed by atoms with Crippen molar-refractivity contribution in [3.8, 4) is 11.5 Å².